The van der Waals surface area contributed by atoms with Crippen LogP contribution in [0.5, 0.6) is 5.75 Å². The Morgan fingerprint density at radius 1 is 1.06 bits per heavy atom. The van der Waals surface area contributed by atoms with Crippen molar-refractivity contribution >= 4 is 45.2 Å². The molecule has 0 bridgehead atoms. The number of ether oxygens (including phenoxy) is 1. The molecule has 0 fully saturated rings. The molecule has 5 aromatic rings. The summed E-state index contributed by atoms with van der Waals surface area (Å²) >= 11 is 3.19. The highest BCUT2D eigenvalue weighted by Crippen LogP contribution is 2.20. The second kappa shape index (κ2) is 8.57. The van der Waals surface area contributed by atoms with Crippen LogP contribution < -0.4 is 14.8 Å². The molecule has 0 saturated heterocycles. The number of aryl methyl sites for hydroxylation is 1. The Kier molecular flexibility index (Phi) is 5.49. The Morgan fingerprint density at radius 3 is 2.77 bits per heavy atom. The Balaban J connectivity index is 1.32. The summed E-state index contributed by atoms with van der Waals surface area (Å²) in [6.07, 6.45) is 1.91. The summed E-state index contributed by atoms with van der Waals surface area (Å²) in [6, 6.07) is 24.1. The van der Waals surface area contributed by atoms with Gasteiger partial charge in [-0.25, -0.2) is 9.38 Å². The number of thiazole rings is 1. The zero-order valence-electron chi connectivity index (χ0n) is 16.9. The molecule has 31 heavy (non-hydrogen) atoms. The summed E-state index contributed by atoms with van der Waals surface area (Å²) in [7, 11) is 0. The lowest BCUT2D eigenvalue weighted by atomic mass is 10.2. The molecule has 0 aliphatic heterocycles. The number of aromatic nitrogens is 2. The van der Waals surface area contributed by atoms with E-state index in [1.165, 1.54) is 21.8 Å². The topological polar surface area (TPSA) is 43.6 Å². The maximum absolute atomic E-state index is 12.9. The number of thioether (sulfide) groups is 1. The van der Waals surface area contributed by atoms with Gasteiger partial charge in [-0.1, -0.05) is 53.3 Å². The zero-order valence-corrected chi connectivity index (χ0v) is 18.6. The third-order valence-corrected chi connectivity index (χ3v) is 6.89. The van der Waals surface area contributed by atoms with Crippen LogP contribution in [0, 0.1) is 6.92 Å². The largest absolute Gasteiger partial charge is 0.493 e. The van der Waals surface area contributed by atoms with E-state index < -0.39 is 0 Å². The quantitative estimate of drug-likeness (QED) is 0.275. The van der Waals surface area contributed by atoms with Crippen LogP contribution >= 0.6 is 23.1 Å². The van der Waals surface area contributed by atoms with Crippen LogP contribution in [-0.4, -0.2) is 21.7 Å². The summed E-state index contributed by atoms with van der Waals surface area (Å²) in [5.41, 5.74) is 3.86. The third-order valence-electron chi connectivity index (χ3n) is 4.94. The molecule has 4 nitrogen and oxygen atoms in total. The fraction of sp³-hybridized carbons (Fsp3) is 0.120. The lowest BCUT2D eigenvalue weighted by Gasteiger charge is -2.07. The fourth-order valence-electron chi connectivity index (χ4n) is 3.41. The van der Waals surface area contributed by atoms with Gasteiger partial charge in [0, 0.05) is 10.6 Å². The lowest BCUT2D eigenvalue weighted by molar-refractivity contribution is 0.344. The highest BCUT2D eigenvalue weighted by atomic mass is 32.2. The summed E-state index contributed by atoms with van der Waals surface area (Å²) in [6.45, 7) is 2.71. The number of hydrogen-bond donors (Lipinski definition) is 0. The van der Waals surface area contributed by atoms with Crippen LogP contribution in [0.2, 0.25) is 0 Å². The standard InChI is InChI=1S/C25H20N2O2S2/c1-17-9-11-20(12-10-17)30-14-13-29-19-6-4-5-18(15-19)16-23-24(28)27-22-8-3-2-7-21(22)26-25(27)31-23/h2-12,15-16H,13-14H2,1H3/b23-16-. The van der Waals surface area contributed by atoms with Gasteiger partial charge < -0.3 is 4.74 Å². The summed E-state index contributed by atoms with van der Waals surface area (Å²) in [4.78, 5) is 19.5. The van der Waals surface area contributed by atoms with Gasteiger partial charge in [0.05, 0.1) is 22.2 Å². The molecule has 0 aliphatic rings. The summed E-state index contributed by atoms with van der Waals surface area (Å²) in [5.74, 6) is 1.68. The molecule has 3 aromatic carbocycles. The van der Waals surface area contributed by atoms with Gasteiger partial charge in [-0.05, 0) is 55.0 Å². The minimum absolute atomic E-state index is 0.0329. The van der Waals surface area contributed by atoms with E-state index in [-0.39, 0.29) is 5.56 Å². The average molecular weight is 445 g/mol. The van der Waals surface area contributed by atoms with E-state index in [1.807, 2.05) is 54.6 Å². The molecule has 154 valence electrons. The maximum atomic E-state index is 12.9. The van der Waals surface area contributed by atoms with Crippen LogP contribution in [0.25, 0.3) is 22.1 Å². The number of fused-ring (bicyclic) bond motifs is 3. The minimum atomic E-state index is -0.0329. The molecule has 0 saturated carbocycles. The van der Waals surface area contributed by atoms with Crippen molar-refractivity contribution < 1.29 is 4.74 Å². The van der Waals surface area contributed by atoms with Crippen LogP contribution in [0.1, 0.15) is 11.1 Å². The molecule has 0 amide bonds. The van der Waals surface area contributed by atoms with Crippen molar-refractivity contribution in [3.8, 4) is 5.75 Å². The van der Waals surface area contributed by atoms with Crippen LogP contribution in [0.15, 0.2) is 82.5 Å². The Bertz CT molecular complexity index is 1470. The molecule has 0 N–H and O–H groups in total. The molecule has 6 heteroatoms. The van der Waals surface area contributed by atoms with Gasteiger partial charge in [-0.15, -0.1) is 11.8 Å². The van der Waals surface area contributed by atoms with E-state index in [9.17, 15) is 4.79 Å². The molecule has 0 radical (unpaired) electrons. The number of hydrogen-bond acceptors (Lipinski definition) is 5. The van der Waals surface area contributed by atoms with Gasteiger partial charge in [-0.3, -0.25) is 4.79 Å². The van der Waals surface area contributed by atoms with Crippen molar-refractivity contribution in [1.29, 1.82) is 0 Å². The molecule has 2 heterocycles. The number of nitrogens with zero attached hydrogens (tertiary/aromatic N) is 2. The van der Waals surface area contributed by atoms with Gasteiger partial charge in [0.1, 0.15) is 5.75 Å². The van der Waals surface area contributed by atoms with E-state index in [0.717, 1.165) is 33.1 Å². The van der Waals surface area contributed by atoms with Gasteiger partial charge in [0.15, 0.2) is 4.96 Å². The third kappa shape index (κ3) is 4.22. The smallest absolute Gasteiger partial charge is 0.274 e. The van der Waals surface area contributed by atoms with E-state index in [2.05, 4.69) is 36.2 Å². The SMILES string of the molecule is Cc1ccc(SCCOc2cccc(/C=c3\sc4nc5ccccc5n4c3=O)c2)cc1. The highest BCUT2D eigenvalue weighted by Gasteiger charge is 2.10. The van der Waals surface area contributed by atoms with Crippen molar-refractivity contribution in [2.75, 3.05) is 12.4 Å². The number of para-hydroxylation sites is 2. The highest BCUT2D eigenvalue weighted by molar-refractivity contribution is 7.99. The van der Waals surface area contributed by atoms with Crippen molar-refractivity contribution in [2.24, 2.45) is 0 Å². The minimum Gasteiger partial charge on any atom is -0.493 e. The number of benzene rings is 3. The predicted octanol–water partition coefficient (Wildman–Crippen LogP) is 4.94. The normalized spacial score (nSPS) is 12.1. The number of rotatable bonds is 6. The first kappa shape index (κ1) is 19.8. The maximum Gasteiger partial charge on any atom is 0.274 e. The van der Waals surface area contributed by atoms with Crippen molar-refractivity contribution in [2.45, 2.75) is 11.8 Å². The van der Waals surface area contributed by atoms with Gasteiger partial charge >= 0.3 is 0 Å². The van der Waals surface area contributed by atoms with Crippen LogP contribution in [0.4, 0.5) is 0 Å². The average Bonchev–Trinajstić information content (AvgIpc) is 3.29. The lowest BCUT2D eigenvalue weighted by Crippen LogP contribution is -2.22. The van der Waals surface area contributed by atoms with Gasteiger partial charge in [0.2, 0.25) is 0 Å². The van der Waals surface area contributed by atoms with Crippen LogP contribution in [-0.2, 0) is 0 Å². The fourth-order valence-corrected chi connectivity index (χ4v) is 5.13. The Hall–Kier alpha value is -3.09. The van der Waals surface area contributed by atoms with Gasteiger partial charge in [0.25, 0.3) is 5.56 Å². The molecule has 2 aromatic heterocycles. The van der Waals surface area contributed by atoms with Gasteiger partial charge in [-0.2, -0.15) is 0 Å². The van der Waals surface area contributed by atoms with Crippen molar-refractivity contribution in [3.63, 3.8) is 0 Å². The molecule has 0 spiro atoms. The second-order valence-corrected chi connectivity index (χ2v) is 9.39. The molecule has 0 unspecified atom stereocenters. The van der Waals surface area contributed by atoms with Crippen molar-refractivity contribution in [1.82, 2.24) is 9.38 Å². The first-order valence-electron chi connectivity index (χ1n) is 10.0. The number of imidazole rings is 1. The molecular weight excluding hydrogens is 424 g/mol. The van der Waals surface area contributed by atoms with Crippen LogP contribution in [0.3, 0.4) is 0 Å². The molecule has 5 rings (SSSR count). The molecular formula is C25H20N2O2S2. The second-order valence-electron chi connectivity index (χ2n) is 7.22. The predicted molar refractivity (Wildman–Crippen MR) is 129 cm³/mol. The molecule has 0 atom stereocenters. The monoisotopic (exact) mass is 444 g/mol. The van der Waals surface area contributed by atoms with E-state index >= 15 is 0 Å². The Labute approximate surface area is 187 Å². The zero-order chi connectivity index (χ0) is 21.2. The van der Waals surface area contributed by atoms with E-state index in [4.69, 9.17) is 4.74 Å². The first-order valence-corrected chi connectivity index (χ1v) is 11.8. The molecule has 0 aliphatic carbocycles. The summed E-state index contributed by atoms with van der Waals surface area (Å²) in [5, 5.41) is 0. The summed E-state index contributed by atoms with van der Waals surface area (Å²) < 4.78 is 8.28. The van der Waals surface area contributed by atoms with E-state index in [1.54, 1.807) is 16.2 Å². The Morgan fingerprint density at radius 2 is 1.90 bits per heavy atom. The van der Waals surface area contributed by atoms with E-state index in [0.29, 0.717) is 11.1 Å². The van der Waals surface area contributed by atoms with Crippen molar-refractivity contribution in [3.05, 3.63) is 98.8 Å². The first-order chi connectivity index (χ1) is 15.2.